The van der Waals surface area contributed by atoms with Gasteiger partial charge < -0.3 is 4.74 Å². The van der Waals surface area contributed by atoms with Crippen LogP contribution >= 0.6 is 0 Å². The van der Waals surface area contributed by atoms with Crippen molar-refractivity contribution in [3.63, 3.8) is 0 Å². The highest BCUT2D eigenvalue weighted by Crippen LogP contribution is 2.17. The van der Waals surface area contributed by atoms with Crippen LogP contribution in [0.5, 0.6) is 11.6 Å². The Morgan fingerprint density at radius 3 is 2.21 bits per heavy atom. The van der Waals surface area contributed by atoms with Crippen molar-refractivity contribution in [1.82, 2.24) is 4.98 Å². The molecule has 0 atom stereocenters. The Labute approximate surface area is 93.7 Å². The van der Waals surface area contributed by atoms with E-state index in [9.17, 15) is 0 Å². The summed E-state index contributed by atoms with van der Waals surface area (Å²) in [6.45, 7) is 0. The highest BCUT2D eigenvalue weighted by atomic mass is 27.0. The van der Waals surface area contributed by atoms with E-state index in [-0.39, 0.29) is 17.4 Å². The van der Waals surface area contributed by atoms with E-state index in [1.165, 1.54) is 0 Å². The van der Waals surface area contributed by atoms with E-state index in [1.54, 1.807) is 6.20 Å². The van der Waals surface area contributed by atoms with Gasteiger partial charge >= 0.3 is 0 Å². The summed E-state index contributed by atoms with van der Waals surface area (Å²) in [5.74, 6) is 1.43. The fourth-order valence-corrected chi connectivity index (χ4v) is 1.02. The maximum absolute atomic E-state index is 5.47. The fourth-order valence-electron chi connectivity index (χ4n) is 1.02. The van der Waals surface area contributed by atoms with Crippen molar-refractivity contribution in [2.45, 2.75) is 0 Å². The molecule has 1 aromatic carbocycles. The van der Waals surface area contributed by atoms with Gasteiger partial charge in [-0.3, -0.25) is 0 Å². The van der Waals surface area contributed by atoms with Crippen LogP contribution in [-0.2, 0) is 0 Å². The average molecular weight is 198 g/mol. The highest BCUT2D eigenvalue weighted by Gasteiger charge is 1.93. The van der Waals surface area contributed by atoms with Crippen LogP contribution in [0, 0.1) is 0 Å². The molecule has 3 radical (unpaired) electrons. The zero-order chi connectivity index (χ0) is 8.93. The monoisotopic (exact) mass is 198 g/mol. The van der Waals surface area contributed by atoms with Gasteiger partial charge in [0, 0.05) is 29.6 Å². The van der Waals surface area contributed by atoms with Crippen molar-refractivity contribution in [3.8, 4) is 11.6 Å². The number of rotatable bonds is 2. The van der Waals surface area contributed by atoms with Crippen molar-refractivity contribution in [2.24, 2.45) is 0 Å². The zero-order valence-corrected chi connectivity index (χ0v) is 8.78. The van der Waals surface area contributed by atoms with Crippen molar-refractivity contribution >= 4 is 17.4 Å². The number of benzene rings is 1. The first-order valence-electron chi connectivity index (χ1n) is 4.09. The van der Waals surface area contributed by atoms with Crippen molar-refractivity contribution < 1.29 is 4.74 Å². The Morgan fingerprint density at radius 1 is 0.857 bits per heavy atom. The maximum atomic E-state index is 5.47. The summed E-state index contributed by atoms with van der Waals surface area (Å²) >= 11 is 0. The molecule has 0 bridgehead atoms. The minimum atomic E-state index is 0. The highest BCUT2D eigenvalue weighted by molar-refractivity contribution is 5.75. The molecule has 0 saturated heterocycles. The number of aromatic nitrogens is 1. The minimum absolute atomic E-state index is 0. The van der Waals surface area contributed by atoms with E-state index in [0.717, 1.165) is 5.75 Å². The lowest BCUT2D eigenvalue weighted by Crippen LogP contribution is -1.85. The van der Waals surface area contributed by atoms with Gasteiger partial charge in [0.25, 0.3) is 0 Å². The van der Waals surface area contributed by atoms with Crippen LogP contribution in [0.4, 0.5) is 0 Å². The first-order chi connectivity index (χ1) is 6.45. The van der Waals surface area contributed by atoms with E-state index in [0.29, 0.717) is 5.88 Å². The third-order valence-electron chi connectivity index (χ3n) is 1.60. The Morgan fingerprint density at radius 2 is 1.57 bits per heavy atom. The zero-order valence-electron chi connectivity index (χ0n) is 7.63. The molecular formula is C11H9AlNO. The number of para-hydroxylation sites is 1. The van der Waals surface area contributed by atoms with Crippen LogP contribution in [0.25, 0.3) is 0 Å². The number of hydrogen-bond acceptors (Lipinski definition) is 2. The molecule has 0 aliphatic rings. The molecule has 14 heavy (non-hydrogen) atoms. The fraction of sp³-hybridized carbons (Fsp3) is 0. The molecule has 67 valence electrons. The second-order valence-electron chi connectivity index (χ2n) is 2.58. The Balaban J connectivity index is 0.000000980. The van der Waals surface area contributed by atoms with E-state index in [2.05, 4.69) is 4.98 Å². The van der Waals surface area contributed by atoms with Crippen molar-refractivity contribution in [3.05, 3.63) is 54.7 Å². The van der Waals surface area contributed by atoms with E-state index in [1.807, 2.05) is 48.5 Å². The standard InChI is InChI=1S/C11H9NO.Al/c1-2-6-10(7-3-1)13-11-8-4-5-9-12-11;/h1-9H;. The van der Waals surface area contributed by atoms with Gasteiger partial charge in [0.2, 0.25) is 5.88 Å². The third-order valence-corrected chi connectivity index (χ3v) is 1.60. The molecule has 0 aliphatic heterocycles. The van der Waals surface area contributed by atoms with Crippen molar-refractivity contribution in [2.75, 3.05) is 0 Å². The lowest BCUT2D eigenvalue weighted by atomic mass is 10.3. The van der Waals surface area contributed by atoms with Gasteiger partial charge in [-0.05, 0) is 18.2 Å². The smallest absolute Gasteiger partial charge is 0.219 e. The molecule has 0 unspecified atom stereocenters. The van der Waals surface area contributed by atoms with Gasteiger partial charge in [-0.25, -0.2) is 4.98 Å². The summed E-state index contributed by atoms with van der Waals surface area (Å²) in [6, 6.07) is 15.2. The first-order valence-corrected chi connectivity index (χ1v) is 4.09. The third kappa shape index (κ3) is 2.88. The van der Waals surface area contributed by atoms with Crippen LogP contribution in [0.15, 0.2) is 54.7 Å². The largest absolute Gasteiger partial charge is 0.439 e. The van der Waals surface area contributed by atoms with Gasteiger partial charge in [0.15, 0.2) is 0 Å². The predicted molar refractivity (Wildman–Crippen MR) is 56.5 cm³/mol. The number of ether oxygens (including phenoxy) is 1. The van der Waals surface area contributed by atoms with Gasteiger partial charge in [0.1, 0.15) is 5.75 Å². The second-order valence-corrected chi connectivity index (χ2v) is 2.58. The molecule has 0 aliphatic carbocycles. The summed E-state index contributed by atoms with van der Waals surface area (Å²) < 4.78 is 5.47. The van der Waals surface area contributed by atoms with Crippen LogP contribution in [0.1, 0.15) is 0 Å². The van der Waals surface area contributed by atoms with E-state index < -0.39 is 0 Å². The molecular weight excluding hydrogens is 189 g/mol. The maximum Gasteiger partial charge on any atom is 0.219 e. The summed E-state index contributed by atoms with van der Waals surface area (Å²) in [6.07, 6.45) is 1.71. The van der Waals surface area contributed by atoms with Gasteiger partial charge in [-0.1, -0.05) is 24.3 Å². The Kier molecular flexibility index (Phi) is 4.19. The number of nitrogens with zero attached hydrogens (tertiary/aromatic N) is 1. The lowest BCUT2D eigenvalue weighted by molar-refractivity contribution is 0.463. The van der Waals surface area contributed by atoms with E-state index >= 15 is 0 Å². The molecule has 3 heteroatoms. The average Bonchev–Trinajstić information content (AvgIpc) is 2.21. The second kappa shape index (κ2) is 5.44. The number of pyridine rings is 1. The predicted octanol–water partition coefficient (Wildman–Crippen LogP) is 2.49. The quantitative estimate of drug-likeness (QED) is 0.691. The Hall–Kier alpha value is -1.30. The molecule has 0 saturated carbocycles. The molecule has 2 rings (SSSR count). The lowest BCUT2D eigenvalue weighted by Gasteiger charge is -2.02. The molecule has 2 nitrogen and oxygen atoms in total. The van der Waals surface area contributed by atoms with Crippen LogP contribution < -0.4 is 4.74 Å². The normalized spacial score (nSPS) is 8.86. The van der Waals surface area contributed by atoms with Crippen LogP contribution in [0.3, 0.4) is 0 Å². The summed E-state index contributed by atoms with van der Waals surface area (Å²) in [7, 11) is 0. The molecule has 1 heterocycles. The van der Waals surface area contributed by atoms with Gasteiger partial charge in [-0.2, -0.15) is 0 Å². The summed E-state index contributed by atoms with van der Waals surface area (Å²) in [5, 5.41) is 0. The molecule has 2 aromatic rings. The van der Waals surface area contributed by atoms with Gasteiger partial charge in [-0.15, -0.1) is 0 Å². The van der Waals surface area contributed by atoms with Crippen LogP contribution in [-0.4, -0.2) is 22.3 Å². The summed E-state index contributed by atoms with van der Waals surface area (Å²) in [5.41, 5.74) is 0. The van der Waals surface area contributed by atoms with Gasteiger partial charge in [0.05, 0.1) is 0 Å². The Bertz CT molecular complexity index is 326. The summed E-state index contributed by atoms with van der Waals surface area (Å²) in [4.78, 5) is 4.05. The SMILES string of the molecule is [Al].c1ccc(Oc2ccccn2)cc1. The number of hydrogen-bond donors (Lipinski definition) is 0. The topological polar surface area (TPSA) is 22.1 Å². The molecule has 0 fully saturated rings. The molecule has 0 amide bonds. The van der Waals surface area contributed by atoms with Crippen molar-refractivity contribution in [1.29, 1.82) is 0 Å². The van der Waals surface area contributed by atoms with Crippen LogP contribution in [0.2, 0.25) is 0 Å². The molecule has 1 aromatic heterocycles. The first kappa shape index (κ1) is 10.8. The van der Waals surface area contributed by atoms with E-state index in [4.69, 9.17) is 4.74 Å². The molecule has 0 N–H and O–H groups in total. The molecule has 0 spiro atoms. The minimum Gasteiger partial charge on any atom is -0.439 e.